The molecule has 0 aromatic heterocycles. The number of ether oxygens (including phenoxy) is 1. The van der Waals surface area contributed by atoms with Crippen LogP contribution in [0.5, 0.6) is 0 Å². The molecule has 0 aromatic carbocycles. The zero-order valence-corrected chi connectivity index (χ0v) is 6.82. The Kier molecular flexibility index (Phi) is 2.52. The van der Waals surface area contributed by atoms with Gasteiger partial charge in [-0.15, -0.1) is 0 Å². The van der Waals surface area contributed by atoms with Crippen molar-refractivity contribution in [2.45, 2.75) is 19.4 Å². The van der Waals surface area contributed by atoms with Crippen LogP contribution in [0.25, 0.3) is 0 Å². The summed E-state index contributed by atoms with van der Waals surface area (Å²) in [5.41, 5.74) is 0. The van der Waals surface area contributed by atoms with Gasteiger partial charge in [-0.2, -0.15) is 0 Å². The van der Waals surface area contributed by atoms with Crippen molar-refractivity contribution in [1.82, 2.24) is 4.90 Å². The summed E-state index contributed by atoms with van der Waals surface area (Å²) in [7, 11) is 0. The number of hydrogen-bond donors (Lipinski definition) is 1. The largest absolute Gasteiger partial charge is 0.478 e. The minimum atomic E-state index is -1.08. The number of aliphatic carboxylic acids is 1. The average Bonchev–Trinajstić information content (AvgIpc) is 2.34. The third-order valence-corrected chi connectivity index (χ3v) is 1.66. The molecule has 5 nitrogen and oxygen atoms in total. The molecule has 1 fully saturated rings. The van der Waals surface area contributed by atoms with Crippen LogP contribution in [0.15, 0.2) is 0 Å². The second-order valence-corrected chi connectivity index (χ2v) is 2.66. The molecule has 0 bridgehead atoms. The van der Waals surface area contributed by atoms with Crippen LogP contribution in [0.1, 0.15) is 13.3 Å². The normalized spacial score (nSPS) is 22.6. The van der Waals surface area contributed by atoms with Crippen molar-refractivity contribution in [2.24, 2.45) is 0 Å². The molecule has 1 N–H and O–H groups in total. The third-order valence-electron chi connectivity index (χ3n) is 1.66. The Morgan fingerprint density at radius 2 is 2.50 bits per heavy atom. The first-order chi connectivity index (χ1) is 5.65. The molecule has 68 valence electrons. The van der Waals surface area contributed by atoms with Gasteiger partial charge in [0.2, 0.25) is 6.10 Å². The van der Waals surface area contributed by atoms with Crippen molar-refractivity contribution < 1.29 is 19.4 Å². The summed E-state index contributed by atoms with van der Waals surface area (Å²) in [6.45, 7) is 2.64. The predicted molar refractivity (Wildman–Crippen MR) is 39.8 cm³/mol. The quantitative estimate of drug-likeness (QED) is 0.666. The average molecular weight is 173 g/mol. The Hall–Kier alpha value is -1.26. The molecule has 1 saturated heterocycles. The summed E-state index contributed by atoms with van der Waals surface area (Å²) in [5.74, 6) is -1.08. The summed E-state index contributed by atoms with van der Waals surface area (Å²) in [6, 6.07) is 0. The Labute approximate surface area is 69.9 Å². The molecule has 1 aliphatic rings. The summed E-state index contributed by atoms with van der Waals surface area (Å²) < 4.78 is 4.58. The first kappa shape index (κ1) is 8.83. The molecular formula is C7H11NO4. The number of carboxylic acid groups (broad SMARTS) is 1. The fraction of sp³-hybridized carbons (Fsp3) is 0.714. The lowest BCUT2D eigenvalue weighted by Gasteiger charge is -2.09. The van der Waals surface area contributed by atoms with Crippen molar-refractivity contribution >= 4 is 12.1 Å². The first-order valence-corrected chi connectivity index (χ1v) is 3.83. The minimum Gasteiger partial charge on any atom is -0.478 e. The van der Waals surface area contributed by atoms with Crippen LogP contribution in [0.3, 0.4) is 0 Å². The molecule has 0 saturated carbocycles. The summed E-state index contributed by atoms with van der Waals surface area (Å²) >= 11 is 0. The lowest BCUT2D eigenvalue weighted by molar-refractivity contribution is -0.144. The summed E-state index contributed by atoms with van der Waals surface area (Å²) in [5, 5.41) is 8.51. The van der Waals surface area contributed by atoms with E-state index in [4.69, 9.17) is 5.11 Å². The van der Waals surface area contributed by atoms with Crippen molar-refractivity contribution in [1.29, 1.82) is 0 Å². The topological polar surface area (TPSA) is 66.8 Å². The van der Waals surface area contributed by atoms with Gasteiger partial charge >= 0.3 is 12.1 Å². The Balaban J connectivity index is 2.50. The molecule has 1 amide bonds. The van der Waals surface area contributed by atoms with E-state index >= 15 is 0 Å². The van der Waals surface area contributed by atoms with Crippen LogP contribution >= 0.6 is 0 Å². The first-order valence-electron chi connectivity index (χ1n) is 3.83. The van der Waals surface area contributed by atoms with E-state index in [0.29, 0.717) is 6.54 Å². The molecule has 1 atom stereocenters. The standard InChI is InChI=1S/C7H11NO4/c1-2-3-8-4-5(6(9)10)12-7(8)11/h5H,2-4H2,1H3,(H,9,10)/t5-/m1/s1. The maximum Gasteiger partial charge on any atom is 0.410 e. The van der Waals surface area contributed by atoms with Gasteiger partial charge in [0.1, 0.15) is 0 Å². The Morgan fingerprint density at radius 3 is 2.92 bits per heavy atom. The SMILES string of the molecule is CCCN1C[C@H](C(=O)O)OC1=O. The Morgan fingerprint density at radius 1 is 1.83 bits per heavy atom. The van der Waals surface area contributed by atoms with Crippen molar-refractivity contribution in [3.63, 3.8) is 0 Å². The maximum atomic E-state index is 10.9. The summed E-state index contributed by atoms with van der Waals surface area (Å²) in [6.07, 6.45) is -0.699. The van der Waals surface area contributed by atoms with Crippen LogP contribution in [0.2, 0.25) is 0 Å². The predicted octanol–water partition coefficient (Wildman–Crippen LogP) is 0.302. The molecule has 0 unspecified atom stereocenters. The number of carboxylic acids is 1. The van der Waals surface area contributed by atoms with Gasteiger partial charge in [-0.3, -0.25) is 0 Å². The molecule has 0 radical (unpaired) electrons. The van der Waals surface area contributed by atoms with E-state index in [0.717, 1.165) is 6.42 Å². The van der Waals surface area contributed by atoms with Gasteiger partial charge in [-0.05, 0) is 6.42 Å². The van der Waals surface area contributed by atoms with Gasteiger partial charge < -0.3 is 14.7 Å². The number of carbonyl (C=O) groups excluding carboxylic acids is 1. The number of rotatable bonds is 3. The van der Waals surface area contributed by atoms with E-state index < -0.39 is 18.2 Å². The second-order valence-electron chi connectivity index (χ2n) is 2.66. The molecule has 12 heavy (non-hydrogen) atoms. The van der Waals surface area contributed by atoms with Crippen LogP contribution in [0, 0.1) is 0 Å². The second kappa shape index (κ2) is 3.42. The van der Waals surface area contributed by atoms with Crippen LogP contribution in [-0.4, -0.2) is 41.3 Å². The van der Waals surface area contributed by atoms with Crippen molar-refractivity contribution in [3.05, 3.63) is 0 Å². The highest BCUT2D eigenvalue weighted by Gasteiger charge is 2.35. The van der Waals surface area contributed by atoms with Crippen molar-refractivity contribution in [2.75, 3.05) is 13.1 Å². The number of cyclic esters (lactones) is 1. The monoisotopic (exact) mass is 173 g/mol. The number of carbonyl (C=O) groups is 2. The molecule has 0 aliphatic carbocycles. The maximum absolute atomic E-state index is 10.9. The lowest BCUT2D eigenvalue weighted by Crippen LogP contribution is -2.28. The fourth-order valence-corrected chi connectivity index (χ4v) is 1.09. The molecule has 0 spiro atoms. The van der Waals surface area contributed by atoms with Crippen LogP contribution in [0.4, 0.5) is 4.79 Å². The van der Waals surface area contributed by atoms with Gasteiger partial charge in [0, 0.05) is 6.54 Å². The highest BCUT2D eigenvalue weighted by Crippen LogP contribution is 2.11. The van der Waals surface area contributed by atoms with Gasteiger partial charge in [0.05, 0.1) is 6.54 Å². The van der Waals surface area contributed by atoms with Gasteiger partial charge in [-0.25, -0.2) is 9.59 Å². The van der Waals surface area contributed by atoms with Crippen molar-refractivity contribution in [3.8, 4) is 0 Å². The highest BCUT2D eigenvalue weighted by molar-refractivity contribution is 5.81. The van der Waals surface area contributed by atoms with Gasteiger partial charge in [0.25, 0.3) is 0 Å². The molecule has 0 aromatic rings. The van der Waals surface area contributed by atoms with Gasteiger partial charge in [0.15, 0.2) is 0 Å². The zero-order valence-electron chi connectivity index (χ0n) is 6.82. The Bertz CT molecular complexity index is 204. The number of nitrogens with zero attached hydrogens (tertiary/aromatic N) is 1. The van der Waals surface area contributed by atoms with Gasteiger partial charge in [-0.1, -0.05) is 6.92 Å². The lowest BCUT2D eigenvalue weighted by atomic mass is 10.3. The fourth-order valence-electron chi connectivity index (χ4n) is 1.09. The smallest absolute Gasteiger partial charge is 0.410 e. The molecule has 1 aliphatic heterocycles. The number of amides is 1. The number of hydrogen-bond acceptors (Lipinski definition) is 3. The van der Waals surface area contributed by atoms with Crippen LogP contribution < -0.4 is 0 Å². The minimum absolute atomic E-state index is 0.169. The third kappa shape index (κ3) is 1.66. The van der Waals surface area contributed by atoms with Crippen LogP contribution in [-0.2, 0) is 9.53 Å². The van der Waals surface area contributed by atoms with E-state index in [1.165, 1.54) is 4.90 Å². The van der Waals surface area contributed by atoms with E-state index in [1.54, 1.807) is 0 Å². The molecule has 1 heterocycles. The summed E-state index contributed by atoms with van der Waals surface area (Å²) in [4.78, 5) is 22.7. The highest BCUT2D eigenvalue weighted by atomic mass is 16.6. The molecule has 1 rings (SSSR count). The van der Waals surface area contributed by atoms with E-state index in [-0.39, 0.29) is 6.54 Å². The molecular weight excluding hydrogens is 162 g/mol. The van der Waals surface area contributed by atoms with E-state index in [2.05, 4.69) is 4.74 Å². The van der Waals surface area contributed by atoms with E-state index in [9.17, 15) is 9.59 Å². The van der Waals surface area contributed by atoms with E-state index in [1.807, 2.05) is 6.92 Å². The zero-order chi connectivity index (χ0) is 9.14. The molecule has 5 heteroatoms.